The van der Waals surface area contributed by atoms with E-state index in [9.17, 15) is 59.5 Å². The second-order valence-corrected chi connectivity index (χ2v) is 19.8. The van der Waals surface area contributed by atoms with Crippen LogP contribution in [0.1, 0.15) is 16.7 Å². The lowest BCUT2D eigenvalue weighted by Gasteiger charge is -2.16. The molecule has 0 amide bonds. The number of benzene rings is 6. The van der Waals surface area contributed by atoms with Gasteiger partial charge in [0, 0.05) is 40.0 Å². The molecule has 2 aromatic heterocycles. The van der Waals surface area contributed by atoms with Gasteiger partial charge in [-0.3, -0.25) is 23.8 Å². The van der Waals surface area contributed by atoms with Crippen molar-refractivity contribution in [3.05, 3.63) is 148 Å². The smallest absolute Gasteiger partial charge is 0.295 e. The molecule has 21 nitrogen and oxygen atoms in total. The number of non-ortho nitro benzene ring substituents is 1. The average Bonchev–Trinajstić information content (AvgIpc) is 3.66. The Morgan fingerprint density at radius 2 is 1.22 bits per heavy atom. The summed E-state index contributed by atoms with van der Waals surface area (Å²) in [5.41, 5.74) is 0.806. The fourth-order valence-corrected chi connectivity index (χ4v) is 9.57. The summed E-state index contributed by atoms with van der Waals surface area (Å²) in [6.45, 7) is 1.52. The highest BCUT2D eigenvalue weighted by molar-refractivity contribution is 7.86. The largest absolute Gasteiger partial charge is 0.339 e. The van der Waals surface area contributed by atoms with Crippen molar-refractivity contribution >= 4 is 113 Å². The third-order valence-electron chi connectivity index (χ3n) is 10.2. The van der Waals surface area contributed by atoms with E-state index in [4.69, 9.17) is 0 Å². The van der Waals surface area contributed by atoms with Crippen molar-refractivity contribution in [3.8, 4) is 23.3 Å². The van der Waals surface area contributed by atoms with E-state index in [0.29, 0.717) is 5.56 Å². The van der Waals surface area contributed by atoms with Gasteiger partial charge in [-0.05, 0) is 101 Å². The van der Waals surface area contributed by atoms with Crippen LogP contribution in [0.15, 0.2) is 156 Å². The highest BCUT2D eigenvalue weighted by Crippen LogP contribution is 2.49. The van der Waals surface area contributed by atoms with Crippen molar-refractivity contribution in [3.63, 3.8) is 0 Å². The van der Waals surface area contributed by atoms with Crippen LogP contribution in [0.5, 0.6) is 0 Å². The molecular weight excluding hydrogens is 973 g/mol. The Bertz CT molecular complexity index is 3940. The number of fused-ring (bicyclic) bond motifs is 2. The molecule has 0 fully saturated rings. The molecule has 6 aromatic carbocycles. The Hall–Kier alpha value is -8.40. The molecule has 0 spiro atoms. The molecule has 0 atom stereocenters. The Balaban J connectivity index is 1.28. The molecular formula is C44H28N10O11S4. The molecule has 0 aliphatic carbocycles. The molecule has 2 heterocycles. The molecule has 69 heavy (non-hydrogen) atoms. The fourth-order valence-electron chi connectivity index (χ4n) is 6.97. The fraction of sp³-hybridized carbons (Fsp3) is 0.0227. The number of thiophene rings is 1. The first kappa shape index (κ1) is 47.1. The van der Waals surface area contributed by atoms with E-state index in [-0.39, 0.29) is 77.4 Å². The molecule has 8 aromatic rings. The van der Waals surface area contributed by atoms with E-state index in [0.717, 1.165) is 64.6 Å². The number of rotatable bonds is 13. The SMILES string of the molecule is Cc1c(C#N)c(Nc2ccc(S(=O)(=O)O)cc2)nc(Nc2ccc(S(=O)(=O)O)cc2)c1N=Nc1sc(N=Nc2cc(S(=O)(=O)O)c3cc([N+](=O)[O-])ccc3c2)c(-c2ccc3ccccc3c2)c1C#N. The summed E-state index contributed by atoms with van der Waals surface area (Å²) < 4.78 is 101. The zero-order chi connectivity index (χ0) is 49.4. The van der Waals surface area contributed by atoms with Crippen LogP contribution in [0.25, 0.3) is 32.7 Å². The number of aromatic nitrogens is 1. The molecule has 0 saturated carbocycles. The standard InChI is InChI=1S/C44H28N10O11S4/c1-24-36(22-45)41(47-29-9-14-33(15-10-29)67(57,58)59)49-42(48-30-11-16-34(17-12-30)68(60,61)62)40(24)51-52-43-37(23-46)39(28-7-6-25-4-2-3-5-26(25)18-28)44(66-43)53-50-31-19-27-8-13-32(54(55)56)21-35(27)38(20-31)69(63,64)65/h2-21H,1H3,(H2,47,48,49)(H,57,58,59)(H,60,61,62)(H,63,64,65). The van der Waals surface area contributed by atoms with Gasteiger partial charge in [-0.2, -0.15) is 35.8 Å². The summed E-state index contributed by atoms with van der Waals surface area (Å²) in [6.07, 6.45) is 0. The highest BCUT2D eigenvalue weighted by Gasteiger charge is 2.24. The lowest BCUT2D eigenvalue weighted by Crippen LogP contribution is -2.05. The number of nitro benzene ring substituents is 1. The van der Waals surface area contributed by atoms with E-state index in [1.165, 1.54) is 43.3 Å². The van der Waals surface area contributed by atoms with Gasteiger partial charge in [0.2, 0.25) is 0 Å². The number of anilines is 4. The summed E-state index contributed by atoms with van der Waals surface area (Å²) in [4.78, 5) is 13.9. The van der Waals surface area contributed by atoms with Crippen LogP contribution in [0.4, 0.5) is 50.1 Å². The lowest BCUT2D eigenvalue weighted by atomic mass is 10.00. The van der Waals surface area contributed by atoms with E-state index in [1.807, 2.05) is 36.4 Å². The minimum Gasteiger partial charge on any atom is -0.339 e. The summed E-state index contributed by atoms with van der Waals surface area (Å²) >= 11 is 0.860. The number of azo groups is 2. The van der Waals surface area contributed by atoms with Gasteiger partial charge >= 0.3 is 0 Å². The van der Waals surface area contributed by atoms with Crippen molar-refractivity contribution in [1.82, 2.24) is 4.98 Å². The van der Waals surface area contributed by atoms with Crippen LogP contribution < -0.4 is 10.6 Å². The summed E-state index contributed by atoms with van der Waals surface area (Å²) in [7, 11) is -14.0. The van der Waals surface area contributed by atoms with E-state index in [1.54, 1.807) is 6.07 Å². The third-order valence-corrected chi connectivity index (χ3v) is 13.8. The van der Waals surface area contributed by atoms with Crippen LogP contribution in [0, 0.1) is 39.7 Å². The normalized spacial score (nSPS) is 12.1. The van der Waals surface area contributed by atoms with Crippen LogP contribution in [0.3, 0.4) is 0 Å². The zero-order valence-electron chi connectivity index (χ0n) is 34.9. The molecule has 0 saturated heterocycles. The van der Waals surface area contributed by atoms with E-state index in [2.05, 4.69) is 48.2 Å². The lowest BCUT2D eigenvalue weighted by molar-refractivity contribution is -0.384. The Morgan fingerprint density at radius 1 is 0.638 bits per heavy atom. The van der Waals surface area contributed by atoms with Crippen molar-refractivity contribution in [1.29, 1.82) is 10.5 Å². The van der Waals surface area contributed by atoms with Crippen LogP contribution in [0.2, 0.25) is 0 Å². The highest BCUT2D eigenvalue weighted by atomic mass is 32.2. The molecule has 8 rings (SSSR count). The number of nitrogens with zero attached hydrogens (tertiary/aromatic N) is 8. The monoisotopic (exact) mass is 1000 g/mol. The number of nitriles is 2. The third kappa shape index (κ3) is 10.0. The number of pyridine rings is 1. The van der Waals surface area contributed by atoms with Gasteiger partial charge in [0.1, 0.15) is 33.3 Å². The van der Waals surface area contributed by atoms with Crippen LogP contribution in [-0.4, -0.2) is 48.8 Å². The molecule has 0 bridgehead atoms. The van der Waals surface area contributed by atoms with Crippen molar-refractivity contribution in [2.45, 2.75) is 21.6 Å². The maximum absolute atomic E-state index is 12.5. The quantitative estimate of drug-likeness (QED) is 0.0310. The molecule has 0 aliphatic rings. The van der Waals surface area contributed by atoms with Gasteiger partial charge < -0.3 is 10.6 Å². The van der Waals surface area contributed by atoms with Gasteiger partial charge in [-0.25, -0.2) is 4.98 Å². The molecule has 0 unspecified atom stereocenters. The maximum atomic E-state index is 12.5. The van der Waals surface area contributed by atoms with E-state index >= 15 is 0 Å². The minimum atomic E-state index is -4.94. The Kier molecular flexibility index (Phi) is 12.5. The maximum Gasteiger partial charge on any atom is 0.295 e. The second-order valence-electron chi connectivity index (χ2n) is 14.6. The average molecular weight is 1000 g/mol. The molecule has 5 N–H and O–H groups in total. The first-order valence-electron chi connectivity index (χ1n) is 19.4. The molecule has 0 aliphatic heterocycles. The minimum absolute atomic E-state index is 0.0125. The number of hydrogen-bond donors (Lipinski definition) is 5. The number of nitro groups is 1. The van der Waals surface area contributed by atoms with Crippen LogP contribution in [-0.2, 0) is 30.4 Å². The van der Waals surface area contributed by atoms with Gasteiger partial charge in [-0.1, -0.05) is 47.7 Å². The first-order chi connectivity index (χ1) is 32.7. The predicted molar refractivity (Wildman–Crippen MR) is 254 cm³/mol. The van der Waals surface area contributed by atoms with Gasteiger partial charge in [0.15, 0.2) is 16.6 Å². The molecule has 344 valence electrons. The topological polar surface area (TPSA) is 340 Å². The Morgan fingerprint density at radius 3 is 1.80 bits per heavy atom. The van der Waals surface area contributed by atoms with Gasteiger partial charge in [0.25, 0.3) is 36.0 Å². The van der Waals surface area contributed by atoms with Gasteiger partial charge in [-0.15, -0.1) is 20.5 Å². The van der Waals surface area contributed by atoms with Crippen molar-refractivity contribution in [2.75, 3.05) is 10.6 Å². The summed E-state index contributed by atoms with van der Waals surface area (Å²) in [6, 6.07) is 32.6. The van der Waals surface area contributed by atoms with Crippen molar-refractivity contribution < 1.29 is 43.8 Å². The summed E-state index contributed by atoms with van der Waals surface area (Å²) in [5.74, 6) is -0.113. The number of nitrogens with one attached hydrogen (secondary N) is 2. The number of hydrogen-bond acceptors (Lipinski definition) is 18. The summed E-state index contributed by atoms with van der Waals surface area (Å²) in [5, 5.41) is 58.0. The molecule has 25 heteroatoms. The van der Waals surface area contributed by atoms with E-state index < -0.39 is 55.7 Å². The predicted octanol–water partition coefficient (Wildman–Crippen LogP) is 11.1. The van der Waals surface area contributed by atoms with Crippen molar-refractivity contribution in [2.24, 2.45) is 20.5 Å². The first-order valence-corrected chi connectivity index (χ1v) is 24.6. The zero-order valence-corrected chi connectivity index (χ0v) is 38.1. The molecule has 0 radical (unpaired) electrons. The second kappa shape index (κ2) is 18.4. The Labute approximate surface area is 394 Å². The van der Waals surface area contributed by atoms with Gasteiger partial charge in [0.05, 0.1) is 26.0 Å². The van der Waals surface area contributed by atoms with Crippen LogP contribution >= 0.6 is 11.3 Å².